The molecule has 2 saturated heterocycles. The van der Waals surface area contributed by atoms with Crippen LogP contribution in [0.5, 0.6) is 0 Å². The summed E-state index contributed by atoms with van der Waals surface area (Å²) in [5.74, 6) is 0. The van der Waals surface area contributed by atoms with Gasteiger partial charge < -0.3 is 30.3 Å². The first kappa shape index (κ1) is 19.3. The van der Waals surface area contributed by atoms with Gasteiger partial charge in [0.15, 0.2) is 0 Å². The molecule has 3 rings (SSSR count). The first-order chi connectivity index (χ1) is 12.6. The molecule has 0 aliphatic carbocycles. The largest absolute Gasteiger partial charge is 0.394 e. The second-order valence-corrected chi connectivity index (χ2v) is 6.81. The van der Waals surface area contributed by atoms with E-state index < -0.39 is 24.3 Å². The van der Waals surface area contributed by atoms with Gasteiger partial charge in [0.1, 0.15) is 12.2 Å². The number of nitrogens with one attached hydrogen (secondary N) is 2. The van der Waals surface area contributed by atoms with E-state index in [2.05, 4.69) is 15.5 Å². The smallest absolute Gasteiger partial charge is 0.319 e. The van der Waals surface area contributed by atoms with Gasteiger partial charge in [-0.05, 0) is 18.2 Å². The lowest BCUT2D eigenvalue weighted by molar-refractivity contribution is -0.0214. The van der Waals surface area contributed by atoms with Crippen LogP contribution in [-0.2, 0) is 9.47 Å². The minimum absolute atomic E-state index is 0.210. The number of nitrogens with zero attached hydrogens (tertiary/aromatic N) is 1. The molecule has 2 amide bonds. The van der Waals surface area contributed by atoms with Crippen LogP contribution >= 0.6 is 11.6 Å². The molecule has 1 aromatic carbocycles. The number of benzene rings is 1. The predicted molar refractivity (Wildman–Crippen MR) is 96.4 cm³/mol. The summed E-state index contributed by atoms with van der Waals surface area (Å²) in [6, 6.07) is 6.16. The third-order valence-electron chi connectivity index (χ3n) is 4.65. The van der Waals surface area contributed by atoms with E-state index in [1.807, 2.05) is 0 Å². The van der Waals surface area contributed by atoms with Gasteiger partial charge in [-0.25, -0.2) is 4.79 Å². The van der Waals surface area contributed by atoms with Crippen LogP contribution in [0.1, 0.15) is 0 Å². The zero-order valence-electron chi connectivity index (χ0n) is 14.3. The molecule has 9 heteroatoms. The first-order valence-corrected chi connectivity index (χ1v) is 9.03. The normalized spacial score (nSPS) is 29.5. The Morgan fingerprint density at radius 2 is 2.08 bits per heavy atom. The van der Waals surface area contributed by atoms with Crippen molar-refractivity contribution in [1.29, 1.82) is 0 Å². The molecule has 144 valence electrons. The van der Waals surface area contributed by atoms with Crippen LogP contribution in [0.15, 0.2) is 24.3 Å². The summed E-state index contributed by atoms with van der Waals surface area (Å²) in [6.45, 7) is 2.46. The van der Waals surface area contributed by atoms with Crippen molar-refractivity contribution in [2.75, 3.05) is 44.8 Å². The highest BCUT2D eigenvalue weighted by atomic mass is 35.5. The van der Waals surface area contributed by atoms with E-state index in [1.165, 1.54) is 0 Å². The molecule has 0 saturated carbocycles. The number of hydrogen-bond acceptors (Lipinski definition) is 6. The lowest BCUT2D eigenvalue weighted by atomic mass is 10.0. The van der Waals surface area contributed by atoms with Crippen LogP contribution in [0.4, 0.5) is 10.5 Å². The van der Waals surface area contributed by atoms with Crippen molar-refractivity contribution in [3.05, 3.63) is 29.3 Å². The van der Waals surface area contributed by atoms with Gasteiger partial charge >= 0.3 is 6.03 Å². The predicted octanol–water partition coefficient (Wildman–Crippen LogP) is 0.283. The monoisotopic (exact) mass is 385 g/mol. The van der Waals surface area contributed by atoms with Crippen molar-refractivity contribution in [3.63, 3.8) is 0 Å². The molecular weight excluding hydrogens is 362 g/mol. The molecule has 4 N–H and O–H groups in total. The number of carbonyl (C=O) groups excluding carboxylic acids is 1. The summed E-state index contributed by atoms with van der Waals surface area (Å²) in [5, 5.41) is 25.9. The average Bonchev–Trinajstić information content (AvgIpc) is 2.96. The van der Waals surface area contributed by atoms with Gasteiger partial charge in [0.2, 0.25) is 0 Å². The zero-order valence-corrected chi connectivity index (χ0v) is 15.1. The van der Waals surface area contributed by atoms with Gasteiger partial charge in [0.25, 0.3) is 0 Å². The number of hydrogen-bond donors (Lipinski definition) is 4. The van der Waals surface area contributed by atoms with Crippen molar-refractivity contribution in [2.24, 2.45) is 0 Å². The Bertz CT molecular complexity index is 614. The Hall–Kier alpha value is -1.42. The van der Waals surface area contributed by atoms with E-state index in [0.29, 0.717) is 37.0 Å². The van der Waals surface area contributed by atoms with Gasteiger partial charge in [0.05, 0.1) is 32.0 Å². The fourth-order valence-electron chi connectivity index (χ4n) is 3.41. The maximum Gasteiger partial charge on any atom is 0.319 e. The van der Waals surface area contributed by atoms with E-state index in [1.54, 1.807) is 24.3 Å². The summed E-state index contributed by atoms with van der Waals surface area (Å²) in [4.78, 5) is 14.2. The fraction of sp³-hybridized carbons (Fsp3) is 0.588. The highest BCUT2D eigenvalue weighted by Crippen LogP contribution is 2.26. The van der Waals surface area contributed by atoms with E-state index in [0.717, 1.165) is 0 Å². The molecule has 2 aliphatic heterocycles. The van der Waals surface area contributed by atoms with Crippen LogP contribution < -0.4 is 10.6 Å². The van der Waals surface area contributed by atoms with Gasteiger partial charge in [-0.3, -0.25) is 4.90 Å². The highest BCUT2D eigenvalue weighted by Gasteiger charge is 2.46. The number of amides is 2. The minimum atomic E-state index is -0.819. The van der Waals surface area contributed by atoms with E-state index in [-0.39, 0.29) is 19.2 Å². The number of rotatable bonds is 5. The number of ether oxygens (including phenoxy) is 2. The van der Waals surface area contributed by atoms with E-state index >= 15 is 0 Å². The molecule has 4 unspecified atom stereocenters. The van der Waals surface area contributed by atoms with Crippen molar-refractivity contribution in [2.45, 2.75) is 24.4 Å². The third kappa shape index (κ3) is 4.64. The van der Waals surface area contributed by atoms with Crippen LogP contribution in [0.2, 0.25) is 5.02 Å². The third-order valence-corrected chi connectivity index (χ3v) is 4.89. The number of morpholine rings is 1. The molecule has 0 radical (unpaired) electrons. The van der Waals surface area contributed by atoms with Crippen LogP contribution in [0, 0.1) is 0 Å². The number of aliphatic hydroxyl groups is 2. The summed E-state index contributed by atoms with van der Waals surface area (Å²) >= 11 is 5.90. The topological polar surface area (TPSA) is 103 Å². The summed E-state index contributed by atoms with van der Waals surface area (Å²) < 4.78 is 11.1. The number of aliphatic hydroxyl groups excluding tert-OH is 2. The van der Waals surface area contributed by atoms with Crippen molar-refractivity contribution in [3.8, 4) is 0 Å². The number of carbonyl (C=O) groups is 1. The van der Waals surface area contributed by atoms with Gasteiger partial charge in [-0.2, -0.15) is 0 Å². The van der Waals surface area contributed by atoms with Crippen molar-refractivity contribution < 1.29 is 24.5 Å². The minimum Gasteiger partial charge on any atom is -0.394 e. The standard InChI is InChI=1S/C17H24ClN3O5/c18-11-2-1-3-12(8-11)20-17(24)19-9-13-15(16(23)14(10-22)26-13)21-4-6-25-7-5-21/h1-3,8,13-16,22-23H,4-7,9-10H2,(H2,19,20,24). The van der Waals surface area contributed by atoms with Crippen LogP contribution in [-0.4, -0.2) is 85.0 Å². The average molecular weight is 386 g/mol. The van der Waals surface area contributed by atoms with Gasteiger partial charge in [0, 0.05) is 30.3 Å². The number of halogens is 1. The second kappa shape index (κ2) is 8.98. The summed E-state index contributed by atoms with van der Waals surface area (Å²) in [6.07, 6.45) is -1.91. The SMILES string of the molecule is O=C(NCC1OC(CO)C(O)C1N1CCOCC1)Nc1cccc(Cl)c1. The van der Waals surface area contributed by atoms with Crippen LogP contribution in [0.3, 0.4) is 0 Å². The molecule has 0 bridgehead atoms. The summed E-state index contributed by atoms with van der Waals surface area (Å²) in [5.41, 5.74) is 0.584. The summed E-state index contributed by atoms with van der Waals surface area (Å²) in [7, 11) is 0. The van der Waals surface area contributed by atoms with Crippen molar-refractivity contribution in [1.82, 2.24) is 10.2 Å². The Morgan fingerprint density at radius 3 is 2.77 bits per heavy atom. The molecule has 1 aromatic rings. The van der Waals surface area contributed by atoms with E-state index in [4.69, 9.17) is 21.1 Å². The van der Waals surface area contributed by atoms with Gasteiger partial charge in [-0.1, -0.05) is 17.7 Å². The molecular formula is C17H24ClN3O5. The first-order valence-electron chi connectivity index (χ1n) is 8.65. The molecule has 8 nitrogen and oxygen atoms in total. The quantitative estimate of drug-likeness (QED) is 0.580. The number of urea groups is 1. The van der Waals surface area contributed by atoms with Crippen molar-refractivity contribution >= 4 is 23.3 Å². The molecule has 0 spiro atoms. The Kier molecular flexibility index (Phi) is 6.68. The molecule has 2 heterocycles. The molecule has 26 heavy (non-hydrogen) atoms. The van der Waals surface area contributed by atoms with Crippen LogP contribution in [0.25, 0.3) is 0 Å². The molecule has 2 aliphatic rings. The Labute approximate surface area is 157 Å². The molecule has 2 fully saturated rings. The molecule has 0 aromatic heterocycles. The second-order valence-electron chi connectivity index (χ2n) is 6.37. The maximum absolute atomic E-state index is 12.1. The Morgan fingerprint density at radius 1 is 1.31 bits per heavy atom. The molecule has 4 atom stereocenters. The number of anilines is 1. The lowest BCUT2D eigenvalue weighted by Crippen LogP contribution is -2.54. The Balaban J connectivity index is 1.58. The zero-order chi connectivity index (χ0) is 18.5. The maximum atomic E-state index is 12.1. The van der Waals surface area contributed by atoms with E-state index in [9.17, 15) is 15.0 Å². The highest BCUT2D eigenvalue weighted by molar-refractivity contribution is 6.30. The van der Waals surface area contributed by atoms with Gasteiger partial charge in [-0.15, -0.1) is 0 Å². The lowest BCUT2D eigenvalue weighted by Gasteiger charge is -2.36. The fourth-order valence-corrected chi connectivity index (χ4v) is 3.60.